The van der Waals surface area contributed by atoms with Crippen molar-refractivity contribution in [2.75, 3.05) is 6.26 Å². The van der Waals surface area contributed by atoms with Crippen LogP contribution in [0.25, 0.3) is 11.3 Å². The van der Waals surface area contributed by atoms with Crippen LogP contribution in [0.2, 0.25) is 0 Å². The Morgan fingerprint density at radius 1 is 1.17 bits per heavy atom. The standard InChI is InChI=1S/C12H13N3O2S/c1-18(16,17)12-7-10(14-11(8-13)15-12)9-5-3-2-4-6-9/h2-7H,8,13H2,1H3. The summed E-state index contributed by atoms with van der Waals surface area (Å²) in [6.07, 6.45) is 1.12. The third-order valence-electron chi connectivity index (χ3n) is 2.38. The Balaban J connectivity index is 2.62. The Labute approximate surface area is 106 Å². The van der Waals surface area contributed by atoms with Crippen LogP contribution < -0.4 is 5.73 Å². The summed E-state index contributed by atoms with van der Waals surface area (Å²) in [4.78, 5) is 8.16. The zero-order valence-electron chi connectivity index (χ0n) is 9.87. The fourth-order valence-corrected chi connectivity index (χ4v) is 2.11. The molecular formula is C12H13N3O2S. The van der Waals surface area contributed by atoms with Crippen molar-refractivity contribution in [2.45, 2.75) is 11.6 Å². The quantitative estimate of drug-likeness (QED) is 0.835. The van der Waals surface area contributed by atoms with Crippen LogP contribution in [-0.2, 0) is 16.4 Å². The van der Waals surface area contributed by atoms with Crippen molar-refractivity contribution < 1.29 is 8.42 Å². The van der Waals surface area contributed by atoms with E-state index in [2.05, 4.69) is 9.97 Å². The summed E-state index contributed by atoms with van der Waals surface area (Å²) in [6.45, 7) is 0.100. The maximum absolute atomic E-state index is 11.6. The lowest BCUT2D eigenvalue weighted by atomic mass is 10.1. The smallest absolute Gasteiger partial charge is 0.192 e. The summed E-state index contributed by atoms with van der Waals surface area (Å²) in [5.74, 6) is 0.316. The van der Waals surface area contributed by atoms with Gasteiger partial charge in [-0.1, -0.05) is 30.3 Å². The first-order chi connectivity index (χ1) is 8.50. The van der Waals surface area contributed by atoms with E-state index in [4.69, 9.17) is 5.73 Å². The molecule has 18 heavy (non-hydrogen) atoms. The van der Waals surface area contributed by atoms with Gasteiger partial charge in [0.25, 0.3) is 0 Å². The van der Waals surface area contributed by atoms with Gasteiger partial charge >= 0.3 is 0 Å². The molecule has 0 unspecified atom stereocenters. The number of hydrogen-bond acceptors (Lipinski definition) is 5. The van der Waals surface area contributed by atoms with Gasteiger partial charge in [0.2, 0.25) is 0 Å². The molecule has 0 spiro atoms. The average molecular weight is 263 g/mol. The van der Waals surface area contributed by atoms with Crippen LogP contribution >= 0.6 is 0 Å². The molecule has 0 radical (unpaired) electrons. The van der Waals surface area contributed by atoms with Crippen LogP contribution in [0.5, 0.6) is 0 Å². The maximum Gasteiger partial charge on any atom is 0.192 e. The maximum atomic E-state index is 11.6. The highest BCUT2D eigenvalue weighted by atomic mass is 32.2. The van der Waals surface area contributed by atoms with Crippen molar-refractivity contribution in [3.8, 4) is 11.3 Å². The van der Waals surface area contributed by atoms with E-state index in [1.165, 1.54) is 6.07 Å². The Morgan fingerprint density at radius 2 is 1.83 bits per heavy atom. The number of benzene rings is 1. The van der Waals surface area contributed by atoms with Crippen molar-refractivity contribution in [1.82, 2.24) is 9.97 Å². The lowest BCUT2D eigenvalue weighted by Gasteiger charge is -2.06. The molecule has 0 aliphatic carbocycles. The number of nitrogens with two attached hydrogens (primary N) is 1. The second kappa shape index (κ2) is 4.83. The molecule has 2 aromatic rings. The summed E-state index contributed by atoms with van der Waals surface area (Å²) in [5, 5.41) is -0.00296. The number of aromatic nitrogens is 2. The molecule has 0 aliphatic heterocycles. The van der Waals surface area contributed by atoms with Gasteiger partial charge in [-0.2, -0.15) is 0 Å². The highest BCUT2D eigenvalue weighted by Crippen LogP contribution is 2.19. The topological polar surface area (TPSA) is 85.9 Å². The monoisotopic (exact) mass is 263 g/mol. The second-order valence-corrected chi connectivity index (χ2v) is 5.81. The first kappa shape index (κ1) is 12.7. The number of sulfone groups is 1. The van der Waals surface area contributed by atoms with Gasteiger partial charge in [0.05, 0.1) is 12.2 Å². The van der Waals surface area contributed by atoms with E-state index in [0.717, 1.165) is 11.8 Å². The van der Waals surface area contributed by atoms with Crippen LogP contribution in [0.1, 0.15) is 5.82 Å². The van der Waals surface area contributed by atoms with E-state index in [1.54, 1.807) is 0 Å². The molecule has 0 aliphatic rings. The van der Waals surface area contributed by atoms with Crippen LogP contribution in [-0.4, -0.2) is 24.6 Å². The Bertz CT molecular complexity index is 654. The van der Waals surface area contributed by atoms with Crippen molar-refractivity contribution in [3.63, 3.8) is 0 Å². The molecule has 0 saturated carbocycles. The van der Waals surface area contributed by atoms with Gasteiger partial charge in [0, 0.05) is 17.9 Å². The number of nitrogens with zero attached hydrogens (tertiary/aromatic N) is 2. The minimum absolute atomic E-state index is 0.00296. The zero-order chi connectivity index (χ0) is 13.2. The van der Waals surface area contributed by atoms with Crippen LogP contribution in [0, 0.1) is 0 Å². The van der Waals surface area contributed by atoms with Gasteiger partial charge in [0.1, 0.15) is 5.82 Å². The van der Waals surface area contributed by atoms with Crippen LogP contribution in [0.4, 0.5) is 0 Å². The predicted octanol–water partition coefficient (Wildman–Crippen LogP) is 1.01. The van der Waals surface area contributed by atoms with E-state index in [0.29, 0.717) is 11.5 Å². The van der Waals surface area contributed by atoms with Crippen molar-refractivity contribution >= 4 is 9.84 Å². The van der Waals surface area contributed by atoms with Gasteiger partial charge in [0.15, 0.2) is 14.9 Å². The Morgan fingerprint density at radius 3 is 2.39 bits per heavy atom. The molecule has 94 valence electrons. The molecule has 5 nitrogen and oxygen atoms in total. The molecule has 0 atom stereocenters. The molecule has 2 rings (SSSR count). The lowest BCUT2D eigenvalue weighted by Crippen LogP contribution is -2.09. The van der Waals surface area contributed by atoms with Crippen LogP contribution in [0.3, 0.4) is 0 Å². The predicted molar refractivity (Wildman–Crippen MR) is 68.5 cm³/mol. The molecule has 6 heteroatoms. The van der Waals surface area contributed by atoms with E-state index in [9.17, 15) is 8.42 Å². The van der Waals surface area contributed by atoms with Gasteiger partial charge < -0.3 is 5.73 Å². The SMILES string of the molecule is CS(=O)(=O)c1cc(-c2ccccc2)nc(CN)n1. The molecule has 0 fully saturated rings. The van der Waals surface area contributed by atoms with Gasteiger partial charge in [-0.3, -0.25) is 0 Å². The minimum atomic E-state index is -3.37. The Hall–Kier alpha value is -1.79. The highest BCUT2D eigenvalue weighted by Gasteiger charge is 2.13. The molecule has 0 amide bonds. The third kappa shape index (κ3) is 2.72. The molecule has 0 saturated heterocycles. The van der Waals surface area contributed by atoms with Gasteiger partial charge in [-0.05, 0) is 0 Å². The van der Waals surface area contributed by atoms with E-state index >= 15 is 0 Å². The minimum Gasteiger partial charge on any atom is -0.324 e. The van der Waals surface area contributed by atoms with Crippen molar-refractivity contribution in [2.24, 2.45) is 5.73 Å². The fourth-order valence-electron chi connectivity index (χ4n) is 1.51. The molecular weight excluding hydrogens is 250 g/mol. The zero-order valence-corrected chi connectivity index (χ0v) is 10.7. The molecule has 1 aromatic heterocycles. The lowest BCUT2D eigenvalue weighted by molar-refractivity contribution is 0.596. The van der Waals surface area contributed by atoms with E-state index < -0.39 is 9.84 Å². The first-order valence-corrected chi connectivity index (χ1v) is 7.23. The van der Waals surface area contributed by atoms with Gasteiger partial charge in [-0.15, -0.1) is 0 Å². The number of hydrogen-bond donors (Lipinski definition) is 1. The molecule has 1 heterocycles. The first-order valence-electron chi connectivity index (χ1n) is 5.34. The van der Waals surface area contributed by atoms with Crippen molar-refractivity contribution in [1.29, 1.82) is 0 Å². The summed E-state index contributed by atoms with van der Waals surface area (Å²) in [5.41, 5.74) is 6.88. The highest BCUT2D eigenvalue weighted by molar-refractivity contribution is 7.90. The molecule has 2 N–H and O–H groups in total. The average Bonchev–Trinajstić information content (AvgIpc) is 2.38. The summed E-state index contributed by atoms with van der Waals surface area (Å²) in [6, 6.07) is 10.8. The summed E-state index contributed by atoms with van der Waals surface area (Å²) < 4.78 is 23.1. The Kier molecular flexibility index (Phi) is 3.40. The number of rotatable bonds is 3. The van der Waals surface area contributed by atoms with E-state index in [-0.39, 0.29) is 11.6 Å². The van der Waals surface area contributed by atoms with Gasteiger partial charge in [-0.25, -0.2) is 18.4 Å². The second-order valence-electron chi connectivity index (χ2n) is 3.85. The van der Waals surface area contributed by atoms with Crippen LogP contribution in [0.15, 0.2) is 41.4 Å². The van der Waals surface area contributed by atoms with Crippen molar-refractivity contribution in [3.05, 3.63) is 42.2 Å². The third-order valence-corrected chi connectivity index (χ3v) is 3.35. The largest absolute Gasteiger partial charge is 0.324 e. The summed E-state index contributed by atoms with van der Waals surface area (Å²) in [7, 11) is -3.37. The normalized spacial score (nSPS) is 11.4. The molecule has 1 aromatic carbocycles. The molecule has 0 bridgehead atoms. The van der Waals surface area contributed by atoms with E-state index in [1.807, 2.05) is 30.3 Å². The summed E-state index contributed by atoms with van der Waals surface area (Å²) >= 11 is 0. The fraction of sp³-hybridized carbons (Fsp3) is 0.167.